The average molecular weight is 551 g/mol. The summed E-state index contributed by atoms with van der Waals surface area (Å²) in [7, 11) is 0. The Balaban J connectivity index is 1.67. The lowest BCUT2D eigenvalue weighted by Gasteiger charge is -2.32. The van der Waals surface area contributed by atoms with E-state index in [2.05, 4.69) is 9.97 Å². The van der Waals surface area contributed by atoms with E-state index in [1.807, 2.05) is 60.7 Å². The molecule has 0 radical (unpaired) electrons. The third-order valence-corrected chi connectivity index (χ3v) is 7.23. The van der Waals surface area contributed by atoms with Crippen LogP contribution in [0.5, 0.6) is 0 Å². The van der Waals surface area contributed by atoms with Gasteiger partial charge in [0.2, 0.25) is 0 Å². The summed E-state index contributed by atoms with van der Waals surface area (Å²) >= 11 is 2.72. The van der Waals surface area contributed by atoms with Gasteiger partial charge in [0, 0.05) is 36.7 Å². The number of ketones is 1. The van der Waals surface area contributed by atoms with Gasteiger partial charge in [-0.2, -0.15) is 0 Å². The van der Waals surface area contributed by atoms with Crippen molar-refractivity contribution < 1.29 is 23.9 Å². The Morgan fingerprint density at radius 1 is 0.842 bits per heavy atom. The predicted molar refractivity (Wildman–Crippen MR) is 143 cm³/mol. The molecule has 9 nitrogen and oxygen atoms in total. The first kappa shape index (κ1) is 27.0. The Morgan fingerprint density at radius 3 is 2.03 bits per heavy atom. The van der Waals surface area contributed by atoms with Gasteiger partial charge in [0.1, 0.15) is 12.6 Å². The summed E-state index contributed by atoms with van der Waals surface area (Å²) in [6.45, 7) is 0.119. The van der Waals surface area contributed by atoms with Crippen LogP contribution >= 0.6 is 22.7 Å². The maximum absolute atomic E-state index is 14.1. The van der Waals surface area contributed by atoms with Gasteiger partial charge >= 0.3 is 12.2 Å². The fraction of sp³-hybridized carbons (Fsp3) is 0.222. The number of benzene rings is 2. The molecule has 196 valence electrons. The molecule has 4 rings (SSSR count). The molecule has 2 N–H and O–H groups in total. The molecule has 4 aromatic rings. The minimum absolute atomic E-state index is 0.0154. The molecule has 2 aromatic carbocycles. The topological polar surface area (TPSA) is 125 Å². The zero-order valence-corrected chi connectivity index (χ0v) is 22.0. The number of thiazole rings is 2. The molecule has 0 aliphatic carbocycles. The van der Waals surface area contributed by atoms with Crippen LogP contribution < -0.4 is 5.73 Å². The van der Waals surface area contributed by atoms with Crippen molar-refractivity contribution in [3.63, 3.8) is 0 Å². The van der Waals surface area contributed by atoms with Gasteiger partial charge in [-0.15, -0.1) is 22.7 Å². The van der Waals surface area contributed by atoms with Gasteiger partial charge in [-0.1, -0.05) is 60.7 Å². The summed E-state index contributed by atoms with van der Waals surface area (Å²) in [5.74, 6) is -0.466. The van der Waals surface area contributed by atoms with Crippen molar-refractivity contribution >= 4 is 40.6 Å². The molecule has 38 heavy (non-hydrogen) atoms. The number of primary amides is 1. The van der Waals surface area contributed by atoms with Crippen molar-refractivity contribution in [3.8, 4) is 0 Å². The van der Waals surface area contributed by atoms with Crippen molar-refractivity contribution in [2.45, 2.75) is 38.1 Å². The van der Waals surface area contributed by atoms with Crippen LogP contribution in [0.3, 0.4) is 0 Å². The number of hydrogen-bond acceptors (Lipinski definition) is 9. The lowest BCUT2D eigenvalue weighted by molar-refractivity contribution is -0.132. The number of aromatic nitrogens is 2. The van der Waals surface area contributed by atoms with Gasteiger partial charge in [0.05, 0.1) is 15.9 Å². The molecular weight excluding hydrogens is 524 g/mol. The summed E-state index contributed by atoms with van der Waals surface area (Å²) in [4.78, 5) is 50.4. The first-order chi connectivity index (χ1) is 18.5. The summed E-state index contributed by atoms with van der Waals surface area (Å²) in [5.41, 5.74) is 10.2. The fourth-order valence-corrected chi connectivity index (χ4v) is 5.03. The van der Waals surface area contributed by atoms with Crippen LogP contribution in [-0.4, -0.2) is 45.0 Å². The number of amides is 2. The number of Topliss-reactive ketones (excluding diaryl/α,β-unsaturated/α-hetero) is 1. The van der Waals surface area contributed by atoms with Crippen LogP contribution in [0.2, 0.25) is 0 Å². The van der Waals surface area contributed by atoms with Crippen LogP contribution in [-0.2, 0) is 40.3 Å². The molecule has 2 heterocycles. The maximum atomic E-state index is 14.1. The van der Waals surface area contributed by atoms with Crippen LogP contribution in [0.1, 0.15) is 20.9 Å². The normalized spacial score (nSPS) is 12.3. The maximum Gasteiger partial charge on any atom is 0.411 e. The first-order valence-corrected chi connectivity index (χ1v) is 13.5. The Morgan fingerprint density at radius 2 is 1.45 bits per heavy atom. The number of nitrogens with zero attached hydrogens (tertiary/aromatic N) is 3. The van der Waals surface area contributed by atoms with Gasteiger partial charge in [-0.3, -0.25) is 19.7 Å². The molecule has 0 saturated carbocycles. The standard InChI is InChI=1S/C27H26N4O5S2/c28-26(33)36-24(11-19-7-3-1-4-8-19)25(32)23(12-21-13-29-17-37-21)31(15-20-9-5-2-6-10-20)27(34)35-16-22-14-30-18-38-22/h1-10,13-14,17-18,23-24H,11-12,15-16H2,(H2,28,33). The van der Waals surface area contributed by atoms with E-state index in [9.17, 15) is 14.4 Å². The zero-order valence-electron chi connectivity index (χ0n) is 20.3. The van der Waals surface area contributed by atoms with Gasteiger partial charge in [0.15, 0.2) is 11.9 Å². The van der Waals surface area contributed by atoms with E-state index in [1.165, 1.54) is 27.6 Å². The van der Waals surface area contributed by atoms with Crippen LogP contribution in [0, 0.1) is 0 Å². The van der Waals surface area contributed by atoms with E-state index >= 15 is 0 Å². The average Bonchev–Trinajstić information content (AvgIpc) is 3.64. The van der Waals surface area contributed by atoms with Gasteiger partial charge < -0.3 is 15.2 Å². The Hall–Kier alpha value is -4.09. The van der Waals surface area contributed by atoms with Crippen molar-refractivity contribution in [1.29, 1.82) is 0 Å². The number of carbonyl (C=O) groups is 3. The highest BCUT2D eigenvalue weighted by atomic mass is 32.1. The van der Waals surface area contributed by atoms with Crippen LogP contribution in [0.25, 0.3) is 0 Å². The molecule has 0 aliphatic heterocycles. The molecular formula is C27H26N4O5S2. The highest BCUT2D eigenvalue weighted by molar-refractivity contribution is 7.09. The number of carbonyl (C=O) groups excluding carboxylic acids is 3. The van der Waals surface area contributed by atoms with Crippen molar-refractivity contribution in [2.75, 3.05) is 0 Å². The summed E-state index contributed by atoms with van der Waals surface area (Å²) in [6, 6.07) is 17.4. The second-order valence-corrected chi connectivity index (χ2v) is 10.3. The van der Waals surface area contributed by atoms with Crippen LogP contribution in [0.15, 0.2) is 84.1 Å². The highest BCUT2D eigenvalue weighted by Crippen LogP contribution is 2.22. The smallest absolute Gasteiger partial charge is 0.411 e. The molecule has 2 amide bonds. The molecule has 2 atom stereocenters. The molecule has 0 spiro atoms. The van der Waals surface area contributed by atoms with E-state index in [4.69, 9.17) is 15.2 Å². The van der Waals surface area contributed by atoms with E-state index in [1.54, 1.807) is 23.4 Å². The monoisotopic (exact) mass is 550 g/mol. The second-order valence-electron chi connectivity index (χ2n) is 8.34. The minimum Gasteiger partial charge on any atom is -0.444 e. The van der Waals surface area contributed by atoms with E-state index < -0.39 is 30.1 Å². The molecule has 0 fully saturated rings. The molecule has 0 bridgehead atoms. The lowest BCUT2D eigenvalue weighted by atomic mass is 9.96. The third-order valence-electron chi connectivity index (χ3n) is 5.67. The largest absolute Gasteiger partial charge is 0.444 e. The Bertz CT molecular complexity index is 1300. The number of hydrogen-bond donors (Lipinski definition) is 1. The second kappa shape index (κ2) is 13.5. The minimum atomic E-state index is -1.21. The zero-order chi connectivity index (χ0) is 26.7. The van der Waals surface area contributed by atoms with E-state index in [-0.39, 0.29) is 26.0 Å². The van der Waals surface area contributed by atoms with Crippen molar-refractivity contribution in [3.05, 3.63) is 105 Å². The van der Waals surface area contributed by atoms with Gasteiger partial charge in [0.25, 0.3) is 0 Å². The predicted octanol–water partition coefficient (Wildman–Crippen LogP) is 4.63. The van der Waals surface area contributed by atoms with Crippen LogP contribution in [0.4, 0.5) is 9.59 Å². The molecule has 2 aromatic heterocycles. The van der Waals surface area contributed by atoms with E-state index in [0.29, 0.717) is 0 Å². The quantitative estimate of drug-likeness (QED) is 0.273. The van der Waals surface area contributed by atoms with E-state index in [0.717, 1.165) is 20.9 Å². The fourth-order valence-electron chi connectivity index (χ4n) is 3.89. The summed E-state index contributed by atoms with van der Waals surface area (Å²) < 4.78 is 10.9. The van der Waals surface area contributed by atoms with Gasteiger partial charge in [-0.05, 0) is 11.1 Å². The van der Waals surface area contributed by atoms with Gasteiger partial charge in [-0.25, -0.2) is 9.59 Å². The molecule has 2 unspecified atom stereocenters. The Labute approximate surface area is 227 Å². The number of rotatable bonds is 12. The molecule has 0 aliphatic rings. The highest BCUT2D eigenvalue weighted by Gasteiger charge is 2.37. The molecule has 0 saturated heterocycles. The number of ether oxygens (including phenoxy) is 2. The molecule has 11 heteroatoms. The third kappa shape index (κ3) is 7.70. The first-order valence-electron chi connectivity index (χ1n) is 11.8. The Kier molecular flexibility index (Phi) is 9.54. The number of nitrogens with two attached hydrogens (primary N) is 1. The summed E-state index contributed by atoms with van der Waals surface area (Å²) in [6.07, 6.45) is 0.586. The van der Waals surface area contributed by atoms with Crippen molar-refractivity contribution in [1.82, 2.24) is 14.9 Å². The summed E-state index contributed by atoms with van der Waals surface area (Å²) in [5, 5.41) is 0. The lowest BCUT2D eigenvalue weighted by Crippen LogP contribution is -2.51. The SMILES string of the molecule is NC(=O)OC(Cc1ccccc1)C(=O)C(Cc1cncs1)N(Cc1ccccc1)C(=O)OCc1cncs1. The van der Waals surface area contributed by atoms with Crippen molar-refractivity contribution in [2.24, 2.45) is 5.73 Å².